The van der Waals surface area contributed by atoms with E-state index in [0.29, 0.717) is 24.1 Å². The van der Waals surface area contributed by atoms with Crippen molar-refractivity contribution in [3.8, 4) is 0 Å². The monoisotopic (exact) mass is 450 g/mol. The minimum atomic E-state index is -3.27. The highest BCUT2D eigenvalue weighted by molar-refractivity contribution is 7.93. The summed E-state index contributed by atoms with van der Waals surface area (Å²) in [7, 11) is -3.27. The second-order valence-corrected chi connectivity index (χ2v) is 12.3. The number of likely N-dealkylation sites (tertiary alicyclic amines) is 1. The summed E-state index contributed by atoms with van der Waals surface area (Å²) in [5, 5.41) is 11.0. The van der Waals surface area contributed by atoms with Gasteiger partial charge in [0.2, 0.25) is 10.0 Å². The van der Waals surface area contributed by atoms with Crippen molar-refractivity contribution < 1.29 is 13.5 Å². The zero-order valence-corrected chi connectivity index (χ0v) is 19.0. The van der Waals surface area contributed by atoms with Crippen LogP contribution in [0.5, 0.6) is 0 Å². The van der Waals surface area contributed by atoms with Crippen LogP contribution in [0, 0.1) is 11.8 Å². The third-order valence-corrected chi connectivity index (χ3v) is 9.98. The van der Waals surface area contributed by atoms with E-state index in [1.54, 1.807) is 0 Å². The first-order chi connectivity index (χ1) is 15.3. The summed E-state index contributed by atoms with van der Waals surface area (Å²) < 4.78 is 27.5. The fourth-order valence-electron chi connectivity index (χ4n) is 6.41. The van der Waals surface area contributed by atoms with E-state index in [1.807, 2.05) is 30.3 Å². The molecule has 0 radical (unpaired) electrons. The van der Waals surface area contributed by atoms with Gasteiger partial charge in [-0.15, -0.1) is 6.58 Å². The molecule has 1 unspecified atom stereocenters. The third-order valence-electron chi connectivity index (χ3n) is 8.11. The SMILES string of the molecule is C=CC1(c2cccc(NS(=O)(=O)C3CC3)c2)[C@@H]2CN(CC3(O)Cc4ccccc4C3)C[C@@H]21. The van der Waals surface area contributed by atoms with Crippen molar-refractivity contribution in [1.82, 2.24) is 4.90 Å². The van der Waals surface area contributed by atoms with Crippen LogP contribution in [0.1, 0.15) is 29.5 Å². The summed E-state index contributed by atoms with van der Waals surface area (Å²) in [6.07, 6.45) is 5.02. The molecule has 3 aliphatic carbocycles. The lowest BCUT2D eigenvalue weighted by Gasteiger charge is -2.32. The van der Waals surface area contributed by atoms with Gasteiger partial charge in [-0.3, -0.25) is 9.62 Å². The van der Waals surface area contributed by atoms with E-state index < -0.39 is 15.6 Å². The number of β-amino-alcohol motifs (C(OH)–C–C–N with tert-alkyl or cyclic N) is 1. The zero-order chi connectivity index (χ0) is 22.1. The van der Waals surface area contributed by atoms with Gasteiger partial charge in [-0.2, -0.15) is 0 Å². The van der Waals surface area contributed by atoms with E-state index in [2.05, 4.69) is 40.5 Å². The molecular formula is C26H30N2O3S. The molecule has 1 saturated heterocycles. The molecular weight excluding hydrogens is 420 g/mol. The highest BCUT2D eigenvalue weighted by atomic mass is 32.2. The number of benzene rings is 2. The number of nitrogens with zero attached hydrogens (tertiary/aromatic N) is 1. The van der Waals surface area contributed by atoms with Crippen LogP contribution in [-0.4, -0.2) is 48.9 Å². The predicted molar refractivity (Wildman–Crippen MR) is 126 cm³/mol. The minimum Gasteiger partial charge on any atom is -0.388 e. The Bertz CT molecular complexity index is 1150. The smallest absolute Gasteiger partial charge is 0.235 e. The molecule has 6 heteroatoms. The average molecular weight is 451 g/mol. The minimum absolute atomic E-state index is 0.0984. The second-order valence-electron chi connectivity index (χ2n) is 10.3. The maximum Gasteiger partial charge on any atom is 0.235 e. The number of fused-ring (bicyclic) bond motifs is 2. The maximum absolute atomic E-state index is 12.4. The Morgan fingerprint density at radius 1 is 1.06 bits per heavy atom. The van der Waals surface area contributed by atoms with Gasteiger partial charge in [0.05, 0.1) is 10.9 Å². The molecule has 0 spiro atoms. The molecule has 32 heavy (non-hydrogen) atoms. The van der Waals surface area contributed by atoms with Gasteiger partial charge in [-0.05, 0) is 53.5 Å². The highest BCUT2D eigenvalue weighted by Crippen LogP contribution is 2.64. The summed E-state index contributed by atoms with van der Waals surface area (Å²) in [6, 6.07) is 16.2. The molecule has 5 nitrogen and oxygen atoms in total. The van der Waals surface area contributed by atoms with Gasteiger partial charge in [-0.1, -0.05) is 42.5 Å². The van der Waals surface area contributed by atoms with E-state index in [0.717, 1.165) is 44.3 Å². The van der Waals surface area contributed by atoms with Crippen LogP contribution in [0.25, 0.3) is 0 Å². The van der Waals surface area contributed by atoms with Crippen molar-refractivity contribution in [3.63, 3.8) is 0 Å². The average Bonchev–Trinajstić information content (AvgIpc) is 3.63. The molecule has 2 saturated carbocycles. The molecule has 2 aromatic carbocycles. The molecule has 2 aromatic rings. The number of hydrogen-bond donors (Lipinski definition) is 2. The van der Waals surface area contributed by atoms with Gasteiger partial charge >= 0.3 is 0 Å². The molecule has 6 rings (SSSR count). The lowest BCUT2D eigenvalue weighted by molar-refractivity contribution is 0.0146. The fraction of sp³-hybridized carbons (Fsp3) is 0.462. The standard InChI is InChI=1S/C26H30N2O3S/c1-2-26(20-8-5-9-21(12-20)27-32(30,31)22-10-11-22)23-15-28(16-24(23)26)17-25(29)13-18-6-3-4-7-19(18)14-25/h2-9,12,22-24,27,29H,1,10-11,13-17H2/t23-,24+,26?. The number of sulfonamides is 1. The Hall–Kier alpha value is -2.15. The van der Waals surface area contributed by atoms with Gasteiger partial charge in [0.15, 0.2) is 0 Å². The Balaban J connectivity index is 1.15. The number of piperidine rings is 1. The van der Waals surface area contributed by atoms with Crippen LogP contribution in [0.2, 0.25) is 0 Å². The van der Waals surface area contributed by atoms with Crippen molar-refractivity contribution in [3.05, 3.63) is 77.9 Å². The van der Waals surface area contributed by atoms with Crippen LogP contribution in [0.15, 0.2) is 61.2 Å². The van der Waals surface area contributed by atoms with Crippen LogP contribution in [-0.2, 0) is 28.3 Å². The van der Waals surface area contributed by atoms with Crippen molar-refractivity contribution in [2.75, 3.05) is 24.4 Å². The summed E-state index contributed by atoms with van der Waals surface area (Å²) in [5.41, 5.74) is 3.55. The van der Waals surface area contributed by atoms with E-state index in [1.165, 1.54) is 11.1 Å². The van der Waals surface area contributed by atoms with E-state index in [4.69, 9.17) is 0 Å². The lowest BCUT2D eigenvalue weighted by Crippen LogP contribution is -2.44. The number of rotatable bonds is 7. The molecule has 0 aromatic heterocycles. The van der Waals surface area contributed by atoms with Crippen LogP contribution in [0.3, 0.4) is 0 Å². The Labute approximate surface area is 190 Å². The number of nitrogens with one attached hydrogen (secondary N) is 1. The Morgan fingerprint density at radius 2 is 1.72 bits per heavy atom. The second kappa shape index (κ2) is 6.92. The molecule has 1 aliphatic heterocycles. The molecule has 2 N–H and O–H groups in total. The van der Waals surface area contributed by atoms with Crippen molar-refractivity contribution in [1.29, 1.82) is 0 Å². The predicted octanol–water partition coefficient (Wildman–Crippen LogP) is 3.11. The highest BCUT2D eigenvalue weighted by Gasteiger charge is 2.67. The number of hydrogen-bond acceptors (Lipinski definition) is 4. The molecule has 3 fully saturated rings. The summed E-state index contributed by atoms with van der Waals surface area (Å²) in [4.78, 5) is 2.41. The van der Waals surface area contributed by atoms with Gasteiger partial charge in [-0.25, -0.2) is 8.42 Å². The van der Waals surface area contributed by atoms with E-state index in [9.17, 15) is 13.5 Å². The molecule has 4 aliphatic rings. The fourth-order valence-corrected chi connectivity index (χ4v) is 7.79. The first kappa shape index (κ1) is 20.5. The van der Waals surface area contributed by atoms with Crippen LogP contribution < -0.4 is 4.72 Å². The first-order valence-electron chi connectivity index (χ1n) is 11.6. The summed E-state index contributed by atoms with van der Waals surface area (Å²) >= 11 is 0. The van der Waals surface area contributed by atoms with E-state index >= 15 is 0 Å². The lowest BCUT2D eigenvalue weighted by atomic mass is 9.89. The van der Waals surface area contributed by atoms with Crippen LogP contribution in [0.4, 0.5) is 5.69 Å². The van der Waals surface area contributed by atoms with Gasteiger partial charge in [0, 0.05) is 43.6 Å². The van der Waals surface area contributed by atoms with Gasteiger partial charge in [0.1, 0.15) is 0 Å². The number of aliphatic hydroxyl groups is 1. The molecule has 0 amide bonds. The largest absolute Gasteiger partial charge is 0.388 e. The van der Waals surface area contributed by atoms with Crippen molar-refractivity contribution in [2.24, 2.45) is 11.8 Å². The topological polar surface area (TPSA) is 69.6 Å². The Kier molecular flexibility index (Phi) is 4.43. The van der Waals surface area contributed by atoms with Gasteiger partial charge < -0.3 is 5.11 Å². The van der Waals surface area contributed by atoms with Gasteiger partial charge in [0.25, 0.3) is 0 Å². The number of anilines is 1. The molecule has 1 heterocycles. The van der Waals surface area contributed by atoms with Crippen molar-refractivity contribution >= 4 is 15.7 Å². The van der Waals surface area contributed by atoms with Crippen LogP contribution >= 0.6 is 0 Å². The quantitative estimate of drug-likeness (QED) is 0.636. The molecule has 3 atom stereocenters. The normalized spacial score (nSPS) is 30.5. The molecule has 168 valence electrons. The first-order valence-corrected chi connectivity index (χ1v) is 13.1. The maximum atomic E-state index is 12.4. The van der Waals surface area contributed by atoms with Crippen molar-refractivity contribution in [2.45, 2.75) is 41.9 Å². The summed E-state index contributed by atoms with van der Waals surface area (Å²) in [6.45, 7) is 6.73. The molecule has 0 bridgehead atoms. The third kappa shape index (κ3) is 3.23. The summed E-state index contributed by atoms with van der Waals surface area (Å²) in [5.74, 6) is 0.922. The zero-order valence-electron chi connectivity index (χ0n) is 18.2. The Morgan fingerprint density at radius 3 is 2.31 bits per heavy atom. The van der Waals surface area contributed by atoms with E-state index in [-0.39, 0.29) is 10.7 Å². The number of allylic oxidation sites excluding steroid dienone is 1.